The van der Waals surface area contributed by atoms with E-state index < -0.39 is 0 Å². The molecule has 1 aliphatic carbocycles. The molecule has 1 N–H and O–H groups in total. The first-order valence-electron chi connectivity index (χ1n) is 5.38. The third-order valence-corrected chi connectivity index (χ3v) is 3.10. The lowest BCUT2D eigenvalue weighted by atomic mass is 9.75. The Morgan fingerprint density at radius 2 is 1.93 bits per heavy atom. The topological polar surface area (TPSA) is 46.2 Å². The van der Waals surface area contributed by atoms with Crippen LogP contribution in [0.25, 0.3) is 0 Å². The van der Waals surface area contributed by atoms with Crippen LogP contribution < -0.4 is 5.32 Å². The van der Waals surface area contributed by atoms with E-state index in [2.05, 4.69) is 12.2 Å². The van der Waals surface area contributed by atoms with Gasteiger partial charge in [0.2, 0.25) is 5.91 Å². The molecule has 0 atom stereocenters. The zero-order chi connectivity index (χ0) is 10.6. The van der Waals surface area contributed by atoms with Crippen molar-refractivity contribution >= 4 is 11.7 Å². The van der Waals surface area contributed by atoms with Crippen molar-refractivity contribution in [3.8, 4) is 0 Å². The first kappa shape index (κ1) is 11.2. The van der Waals surface area contributed by atoms with Crippen LogP contribution in [0.5, 0.6) is 0 Å². The molecular formula is C11H19NO2. The fraction of sp³-hybridized carbons (Fsp3) is 0.818. The Morgan fingerprint density at radius 1 is 1.29 bits per heavy atom. The lowest BCUT2D eigenvalue weighted by Gasteiger charge is -2.42. The molecule has 0 radical (unpaired) electrons. The van der Waals surface area contributed by atoms with E-state index in [1.807, 2.05) is 0 Å². The summed E-state index contributed by atoms with van der Waals surface area (Å²) in [5.41, 5.74) is 0.0634. The van der Waals surface area contributed by atoms with Crippen molar-refractivity contribution in [3.05, 3.63) is 0 Å². The van der Waals surface area contributed by atoms with Crippen LogP contribution in [0.1, 0.15) is 52.4 Å². The number of hydrogen-bond acceptors (Lipinski definition) is 2. The Balaban J connectivity index is 2.28. The standard InChI is InChI=1S/C11H19NO2/c1-3-11(7-4-8-11)12-10(14)6-5-9(2)13/h3-8H2,1-2H3,(H,12,14). The second kappa shape index (κ2) is 4.58. The number of ketones is 1. The molecule has 0 unspecified atom stereocenters. The molecule has 1 fully saturated rings. The van der Waals surface area contributed by atoms with Crippen LogP contribution in [-0.2, 0) is 9.59 Å². The van der Waals surface area contributed by atoms with Crippen LogP contribution in [0.15, 0.2) is 0 Å². The minimum absolute atomic E-state index is 0.0294. The van der Waals surface area contributed by atoms with E-state index in [4.69, 9.17) is 0 Å². The van der Waals surface area contributed by atoms with Crippen LogP contribution in [0.4, 0.5) is 0 Å². The summed E-state index contributed by atoms with van der Waals surface area (Å²) in [6.45, 7) is 3.62. The largest absolute Gasteiger partial charge is 0.351 e. The Morgan fingerprint density at radius 3 is 2.29 bits per heavy atom. The van der Waals surface area contributed by atoms with Crippen LogP contribution in [0.2, 0.25) is 0 Å². The van der Waals surface area contributed by atoms with Gasteiger partial charge < -0.3 is 10.1 Å². The van der Waals surface area contributed by atoms with E-state index in [-0.39, 0.29) is 17.2 Å². The molecule has 1 saturated carbocycles. The highest BCUT2D eigenvalue weighted by Crippen LogP contribution is 2.34. The summed E-state index contributed by atoms with van der Waals surface area (Å²) in [5, 5.41) is 3.04. The summed E-state index contributed by atoms with van der Waals surface area (Å²) in [4.78, 5) is 22.1. The van der Waals surface area contributed by atoms with Crippen LogP contribution in [0, 0.1) is 0 Å². The van der Waals surface area contributed by atoms with Gasteiger partial charge in [0.05, 0.1) is 0 Å². The molecule has 0 aromatic carbocycles. The molecule has 0 aromatic heterocycles. The maximum absolute atomic E-state index is 11.5. The summed E-state index contributed by atoms with van der Waals surface area (Å²) in [5.74, 6) is 0.112. The molecule has 3 heteroatoms. The van der Waals surface area contributed by atoms with Gasteiger partial charge in [-0.25, -0.2) is 0 Å². The summed E-state index contributed by atoms with van der Waals surface area (Å²) >= 11 is 0. The molecule has 0 heterocycles. The van der Waals surface area contributed by atoms with Crippen molar-refractivity contribution < 1.29 is 9.59 Å². The summed E-state index contributed by atoms with van der Waals surface area (Å²) in [6.07, 6.45) is 5.10. The SMILES string of the molecule is CCC1(NC(=O)CCC(C)=O)CCC1. The van der Waals surface area contributed by atoms with Gasteiger partial charge in [0.15, 0.2) is 0 Å². The molecule has 3 nitrogen and oxygen atoms in total. The molecule has 0 spiro atoms. The predicted molar refractivity (Wildman–Crippen MR) is 54.9 cm³/mol. The zero-order valence-corrected chi connectivity index (χ0v) is 9.06. The van der Waals surface area contributed by atoms with Gasteiger partial charge >= 0.3 is 0 Å². The highest BCUT2D eigenvalue weighted by molar-refractivity contribution is 5.83. The van der Waals surface area contributed by atoms with E-state index in [9.17, 15) is 9.59 Å². The maximum atomic E-state index is 11.5. The summed E-state index contributed by atoms with van der Waals surface area (Å²) < 4.78 is 0. The predicted octanol–water partition coefficient (Wildman–Crippen LogP) is 1.80. The minimum Gasteiger partial charge on any atom is -0.351 e. The molecular weight excluding hydrogens is 178 g/mol. The van der Waals surface area contributed by atoms with Crippen molar-refractivity contribution in [2.75, 3.05) is 0 Å². The number of carbonyl (C=O) groups is 2. The molecule has 14 heavy (non-hydrogen) atoms. The molecule has 0 saturated heterocycles. The Labute approximate surface area is 85.3 Å². The molecule has 1 aliphatic rings. The lowest BCUT2D eigenvalue weighted by molar-refractivity contribution is -0.127. The van der Waals surface area contributed by atoms with Crippen LogP contribution in [-0.4, -0.2) is 17.2 Å². The van der Waals surface area contributed by atoms with E-state index in [0.717, 1.165) is 19.3 Å². The maximum Gasteiger partial charge on any atom is 0.220 e. The van der Waals surface area contributed by atoms with Gasteiger partial charge in [0, 0.05) is 18.4 Å². The first-order chi connectivity index (χ1) is 6.58. The molecule has 0 aromatic rings. The Kier molecular flexibility index (Phi) is 3.67. The van der Waals surface area contributed by atoms with Crippen LogP contribution in [0.3, 0.4) is 0 Å². The van der Waals surface area contributed by atoms with Crippen molar-refractivity contribution in [1.29, 1.82) is 0 Å². The van der Waals surface area contributed by atoms with E-state index >= 15 is 0 Å². The minimum atomic E-state index is 0.0294. The normalized spacial score (nSPS) is 18.4. The van der Waals surface area contributed by atoms with Gasteiger partial charge in [-0.15, -0.1) is 0 Å². The molecule has 1 rings (SSSR count). The van der Waals surface area contributed by atoms with Gasteiger partial charge in [-0.2, -0.15) is 0 Å². The number of nitrogens with one attached hydrogen (secondary N) is 1. The van der Waals surface area contributed by atoms with Crippen LogP contribution >= 0.6 is 0 Å². The smallest absolute Gasteiger partial charge is 0.220 e. The number of hydrogen-bond donors (Lipinski definition) is 1. The second-order valence-corrected chi connectivity index (χ2v) is 4.24. The number of rotatable bonds is 5. The Bertz CT molecular complexity index is 226. The fourth-order valence-corrected chi connectivity index (χ4v) is 1.82. The number of carbonyl (C=O) groups excluding carboxylic acids is 2. The van der Waals surface area contributed by atoms with Crippen molar-refractivity contribution in [2.24, 2.45) is 0 Å². The van der Waals surface area contributed by atoms with Gasteiger partial charge in [-0.1, -0.05) is 6.92 Å². The van der Waals surface area contributed by atoms with Crippen molar-refractivity contribution in [3.63, 3.8) is 0 Å². The first-order valence-corrected chi connectivity index (χ1v) is 5.38. The summed E-state index contributed by atoms with van der Waals surface area (Å²) in [6, 6.07) is 0. The quantitative estimate of drug-likeness (QED) is 0.730. The van der Waals surface area contributed by atoms with Gasteiger partial charge in [0.25, 0.3) is 0 Å². The Hall–Kier alpha value is -0.860. The van der Waals surface area contributed by atoms with Gasteiger partial charge in [-0.3, -0.25) is 4.79 Å². The highest BCUT2D eigenvalue weighted by atomic mass is 16.2. The zero-order valence-electron chi connectivity index (χ0n) is 9.06. The second-order valence-electron chi connectivity index (χ2n) is 4.24. The molecule has 80 valence electrons. The van der Waals surface area contributed by atoms with E-state index in [1.54, 1.807) is 0 Å². The third kappa shape index (κ3) is 2.82. The van der Waals surface area contributed by atoms with Crippen molar-refractivity contribution in [1.82, 2.24) is 5.32 Å². The van der Waals surface area contributed by atoms with Crippen molar-refractivity contribution in [2.45, 2.75) is 57.9 Å². The number of amides is 1. The molecule has 0 aliphatic heterocycles. The molecule has 0 bridgehead atoms. The average Bonchev–Trinajstić information content (AvgIpc) is 2.08. The average molecular weight is 197 g/mol. The highest BCUT2D eigenvalue weighted by Gasteiger charge is 2.36. The monoisotopic (exact) mass is 197 g/mol. The van der Waals surface area contributed by atoms with E-state index in [1.165, 1.54) is 13.3 Å². The fourth-order valence-electron chi connectivity index (χ4n) is 1.82. The molecule has 1 amide bonds. The van der Waals surface area contributed by atoms with Gasteiger partial charge in [0.1, 0.15) is 5.78 Å². The lowest BCUT2D eigenvalue weighted by Crippen LogP contribution is -2.52. The third-order valence-electron chi connectivity index (χ3n) is 3.10. The van der Waals surface area contributed by atoms with Gasteiger partial charge in [-0.05, 0) is 32.6 Å². The number of Topliss-reactive ketones (excluding diaryl/α,β-unsaturated/α-hetero) is 1. The van der Waals surface area contributed by atoms with E-state index in [0.29, 0.717) is 12.8 Å². The summed E-state index contributed by atoms with van der Waals surface area (Å²) in [7, 11) is 0.